The third-order valence-corrected chi connectivity index (χ3v) is 1.18. The summed E-state index contributed by atoms with van der Waals surface area (Å²) >= 11 is 0. The van der Waals surface area contributed by atoms with Gasteiger partial charge in [-0.05, 0) is 12.1 Å². The van der Waals surface area contributed by atoms with Gasteiger partial charge in [-0.25, -0.2) is 4.57 Å². The maximum Gasteiger partial charge on any atom is 1.00 e. The van der Waals surface area contributed by atoms with Crippen LogP contribution in [0.5, 0.6) is 0 Å². The fraction of sp³-hybridized carbons (Fsp3) is 0. The second-order valence-electron chi connectivity index (χ2n) is 1.62. The van der Waals surface area contributed by atoms with Crippen molar-refractivity contribution in [2.24, 2.45) is 0 Å². The number of hydrogen-bond donors (Lipinski definition) is 2. The van der Waals surface area contributed by atoms with Gasteiger partial charge in [0.25, 0.3) is 0 Å². The van der Waals surface area contributed by atoms with Crippen LogP contribution in [0.1, 0.15) is 4.28 Å². The molecule has 0 aromatic carbocycles. The van der Waals surface area contributed by atoms with E-state index in [9.17, 15) is 4.57 Å². The summed E-state index contributed by atoms with van der Waals surface area (Å²) in [5, 5.41) is 0. The Labute approximate surface area is 208 Å². The first-order valence-electron chi connectivity index (χ1n) is 2.46. The molecule has 1 aromatic heterocycles. The number of rotatable bonds is 2. The van der Waals surface area contributed by atoms with Crippen molar-refractivity contribution in [1.82, 2.24) is 4.73 Å². The van der Waals surface area contributed by atoms with Crippen molar-refractivity contribution >= 4 is 7.82 Å². The maximum atomic E-state index is 10.2. The maximum absolute atomic E-state index is 10.2. The third-order valence-electron chi connectivity index (χ3n) is 0.778. The molecule has 9 heteroatoms. The van der Waals surface area contributed by atoms with Gasteiger partial charge in [0.15, 0.2) is 0 Å². The standard InChI is InChI=1S/C4H6NO4P.3K.3H/c6-10(7,8)9-5-3-1-2-4-5;;;;;;/h1-4H,(H2,6,7,8);;;;;;/q;3*+1;3*-1. The molecule has 62 valence electrons. The predicted molar refractivity (Wildman–Crippen MR) is 36.4 cm³/mol. The Morgan fingerprint density at radius 3 is 1.85 bits per heavy atom. The molecule has 0 bridgehead atoms. The van der Waals surface area contributed by atoms with Gasteiger partial charge in [-0.1, -0.05) is 0 Å². The summed E-state index contributed by atoms with van der Waals surface area (Å²) in [4.78, 5) is 16.5. The summed E-state index contributed by atoms with van der Waals surface area (Å²) in [6, 6.07) is 3.19. The minimum absolute atomic E-state index is 0. The first-order valence-corrected chi connectivity index (χ1v) is 3.99. The number of aromatic nitrogens is 1. The van der Waals surface area contributed by atoms with Crippen molar-refractivity contribution in [3.63, 3.8) is 0 Å². The van der Waals surface area contributed by atoms with Crippen molar-refractivity contribution < 1.29 is 177 Å². The van der Waals surface area contributed by atoms with Crippen LogP contribution >= 0.6 is 7.82 Å². The Morgan fingerprint density at radius 1 is 1.15 bits per heavy atom. The van der Waals surface area contributed by atoms with Crippen molar-refractivity contribution in [3.8, 4) is 0 Å². The molecule has 0 aliphatic carbocycles. The van der Waals surface area contributed by atoms with E-state index in [-0.39, 0.29) is 158 Å². The molecule has 1 heterocycles. The van der Waals surface area contributed by atoms with E-state index in [4.69, 9.17) is 9.79 Å². The van der Waals surface area contributed by atoms with Gasteiger partial charge in [0, 0.05) is 12.4 Å². The van der Waals surface area contributed by atoms with Crippen LogP contribution in [-0.2, 0) is 4.57 Å². The van der Waals surface area contributed by atoms with Crippen LogP contribution in [0.25, 0.3) is 0 Å². The SMILES string of the molecule is O=P(O)(O)On1cccc1.[H-].[H-].[H-].[K+].[K+].[K+]. The fourth-order valence-corrected chi connectivity index (χ4v) is 0.850. The first kappa shape index (κ1) is 22.3. The predicted octanol–water partition coefficient (Wildman–Crippen LogP) is -8.64. The van der Waals surface area contributed by atoms with Crippen molar-refractivity contribution in [2.45, 2.75) is 0 Å². The molecular formula is C4H9K3NO4P. The molecule has 13 heavy (non-hydrogen) atoms. The zero-order chi connectivity index (χ0) is 7.61. The summed E-state index contributed by atoms with van der Waals surface area (Å²) in [5.74, 6) is 0. The molecule has 0 amide bonds. The van der Waals surface area contributed by atoms with Crippen molar-refractivity contribution in [1.29, 1.82) is 0 Å². The van der Waals surface area contributed by atoms with E-state index in [1.54, 1.807) is 12.1 Å². The van der Waals surface area contributed by atoms with E-state index in [2.05, 4.69) is 4.62 Å². The van der Waals surface area contributed by atoms with Crippen LogP contribution in [0.2, 0.25) is 0 Å². The van der Waals surface area contributed by atoms with E-state index < -0.39 is 7.82 Å². The molecule has 0 spiro atoms. The van der Waals surface area contributed by atoms with E-state index in [0.717, 1.165) is 4.73 Å². The summed E-state index contributed by atoms with van der Waals surface area (Å²) in [5.41, 5.74) is 0. The molecule has 1 rings (SSSR count). The van der Waals surface area contributed by atoms with Crippen LogP contribution in [0, 0.1) is 0 Å². The summed E-state index contributed by atoms with van der Waals surface area (Å²) in [6.45, 7) is 0. The normalized spacial score (nSPS) is 8.77. The van der Waals surface area contributed by atoms with Gasteiger partial charge in [-0.3, -0.25) is 9.79 Å². The van der Waals surface area contributed by atoms with Crippen LogP contribution in [0.3, 0.4) is 0 Å². The van der Waals surface area contributed by atoms with Crippen LogP contribution in [-0.4, -0.2) is 14.5 Å². The monoisotopic (exact) mass is 283 g/mol. The number of nitrogens with zero attached hydrogens (tertiary/aromatic N) is 1. The molecule has 0 unspecified atom stereocenters. The quantitative estimate of drug-likeness (QED) is 0.418. The second kappa shape index (κ2) is 11.2. The van der Waals surface area contributed by atoms with Gasteiger partial charge in [-0.15, -0.1) is 0 Å². The molecular weight excluding hydrogens is 274 g/mol. The topological polar surface area (TPSA) is 71.7 Å². The average Bonchev–Trinajstić information content (AvgIpc) is 2.12. The van der Waals surface area contributed by atoms with Crippen molar-refractivity contribution in [2.75, 3.05) is 0 Å². The van der Waals surface area contributed by atoms with Crippen LogP contribution in [0.15, 0.2) is 24.5 Å². The van der Waals surface area contributed by atoms with Crippen molar-refractivity contribution in [3.05, 3.63) is 24.5 Å². The molecule has 5 nitrogen and oxygen atoms in total. The minimum Gasteiger partial charge on any atom is -1.00 e. The summed E-state index contributed by atoms with van der Waals surface area (Å²) < 4.78 is 15.2. The molecule has 0 aliphatic rings. The van der Waals surface area contributed by atoms with E-state index in [1.807, 2.05) is 0 Å². The zero-order valence-corrected chi connectivity index (χ0v) is 18.2. The van der Waals surface area contributed by atoms with Gasteiger partial charge < -0.3 is 8.90 Å². The molecule has 0 saturated carbocycles. The Kier molecular flexibility index (Phi) is 19.3. The second-order valence-corrected chi connectivity index (χ2v) is 2.76. The molecule has 0 aliphatic heterocycles. The van der Waals surface area contributed by atoms with E-state index in [1.165, 1.54) is 12.4 Å². The fourth-order valence-electron chi connectivity index (χ4n) is 0.496. The zero-order valence-electron chi connectivity index (χ0n) is 10.9. The molecule has 2 N–H and O–H groups in total. The number of hydrogen-bond acceptors (Lipinski definition) is 2. The number of phosphoric acid groups is 1. The van der Waals surface area contributed by atoms with Gasteiger partial charge in [0.05, 0.1) is 0 Å². The van der Waals surface area contributed by atoms with E-state index >= 15 is 0 Å². The molecule has 0 saturated heterocycles. The molecule has 0 radical (unpaired) electrons. The Morgan fingerprint density at radius 2 is 1.54 bits per heavy atom. The minimum atomic E-state index is -4.39. The molecule has 1 aromatic rings. The molecule has 0 fully saturated rings. The Hall–Kier alpha value is 4.14. The van der Waals surface area contributed by atoms with E-state index in [0.29, 0.717) is 0 Å². The van der Waals surface area contributed by atoms with Crippen LogP contribution < -0.4 is 159 Å². The van der Waals surface area contributed by atoms with Gasteiger partial charge >= 0.3 is 162 Å². The largest absolute Gasteiger partial charge is 1.00 e. The average molecular weight is 283 g/mol. The third kappa shape index (κ3) is 12.4. The summed E-state index contributed by atoms with van der Waals surface area (Å²) in [7, 11) is -4.39. The van der Waals surface area contributed by atoms with Gasteiger partial charge in [0.1, 0.15) is 0 Å². The molecule has 0 atom stereocenters. The summed E-state index contributed by atoms with van der Waals surface area (Å²) in [6.07, 6.45) is 2.78. The first-order chi connectivity index (χ1) is 4.58. The smallest absolute Gasteiger partial charge is 1.00 e. The van der Waals surface area contributed by atoms with Gasteiger partial charge in [-0.2, -0.15) is 4.73 Å². The van der Waals surface area contributed by atoms with Crippen LogP contribution in [0.4, 0.5) is 0 Å². The van der Waals surface area contributed by atoms with Gasteiger partial charge in [0.2, 0.25) is 0 Å². The Balaban J connectivity index is -0.0000000417. The Bertz CT molecular complexity index is 259.